The van der Waals surface area contributed by atoms with Gasteiger partial charge in [0.1, 0.15) is 0 Å². The molecule has 3 rings (SSSR count). The zero-order chi connectivity index (χ0) is 31.8. The van der Waals surface area contributed by atoms with Crippen molar-refractivity contribution in [1.29, 1.82) is 5.26 Å². The predicted octanol–water partition coefficient (Wildman–Crippen LogP) is 8.16. The van der Waals surface area contributed by atoms with E-state index in [1.807, 2.05) is 6.07 Å². The molecule has 0 atom stereocenters. The van der Waals surface area contributed by atoms with Crippen LogP contribution in [0.15, 0.2) is 65.1 Å². The summed E-state index contributed by atoms with van der Waals surface area (Å²) in [5.74, 6) is -1.90. The maximum Gasteiger partial charge on any atom is 0.435 e. The molecule has 0 bridgehead atoms. The van der Waals surface area contributed by atoms with Crippen molar-refractivity contribution in [2.45, 2.75) is 24.2 Å². The zero-order valence-electron chi connectivity index (χ0n) is 20.6. The lowest BCUT2D eigenvalue weighted by Gasteiger charge is -2.31. The second kappa shape index (κ2) is 11.3. The van der Waals surface area contributed by atoms with Gasteiger partial charge in [0, 0.05) is 33.9 Å². The Balaban J connectivity index is 2.01. The van der Waals surface area contributed by atoms with Crippen LogP contribution in [0.4, 0.5) is 55.3 Å². The Kier molecular flexibility index (Phi) is 8.69. The van der Waals surface area contributed by atoms with Gasteiger partial charge in [0.2, 0.25) is 0 Å². The molecule has 16 heteroatoms. The topological polar surface area (TPSA) is 73.2 Å². The van der Waals surface area contributed by atoms with Crippen LogP contribution < -0.4 is 10.2 Å². The van der Waals surface area contributed by atoms with E-state index in [9.17, 15) is 53.5 Å². The van der Waals surface area contributed by atoms with Gasteiger partial charge in [-0.2, -0.15) is 44.8 Å². The number of benzene rings is 3. The van der Waals surface area contributed by atoms with Crippen LogP contribution in [-0.2, 0) is 11.8 Å². The molecule has 0 unspecified atom stereocenters. The van der Waals surface area contributed by atoms with E-state index in [0.29, 0.717) is 0 Å². The van der Waals surface area contributed by atoms with Crippen LogP contribution in [0.1, 0.15) is 37.4 Å². The number of nitriles is 1. The summed E-state index contributed by atoms with van der Waals surface area (Å²) in [6, 6.07) is 11.3. The first-order chi connectivity index (χ1) is 19.2. The van der Waals surface area contributed by atoms with Gasteiger partial charge in [-0.15, -0.1) is 0 Å². The minimum Gasteiger partial charge on any atom is -0.320 e. The summed E-state index contributed by atoms with van der Waals surface area (Å²) in [6.45, 7) is 0. The van der Waals surface area contributed by atoms with Crippen molar-refractivity contribution in [3.8, 4) is 6.07 Å². The van der Waals surface area contributed by atoms with Gasteiger partial charge in [-0.1, -0.05) is 6.07 Å². The van der Waals surface area contributed by atoms with Crippen LogP contribution in [-0.4, -0.2) is 31.2 Å². The van der Waals surface area contributed by atoms with Crippen molar-refractivity contribution < 1.29 is 53.5 Å². The summed E-state index contributed by atoms with van der Waals surface area (Å²) in [6.07, 6.45) is -19.0. The monoisotopic (exact) mass is 669 g/mol. The Morgan fingerprint density at radius 2 is 1.40 bits per heavy atom. The molecule has 5 nitrogen and oxygen atoms in total. The maximum absolute atomic E-state index is 14.5. The average molecular weight is 670 g/mol. The van der Waals surface area contributed by atoms with Crippen LogP contribution in [0.2, 0.25) is 0 Å². The standard InChI is InChI=1S/C26H14BrF10N3O2/c1-40(22(42)14-7-5-13(12-38)6-8-14)17-4-2-3-15(9-17)21(41)39-20-18(24(29,30)31)10-16(11-19(20)27)23(28,25(32,33)34)26(35,36)37/h2-11H,1H3,(H,39,41). The number of hydrogen-bond acceptors (Lipinski definition) is 3. The van der Waals surface area contributed by atoms with Gasteiger partial charge in [-0.05, 0) is 70.5 Å². The number of anilines is 2. The minimum atomic E-state index is -6.68. The second-order valence-corrected chi connectivity index (χ2v) is 9.44. The van der Waals surface area contributed by atoms with Crippen molar-refractivity contribution >= 4 is 39.1 Å². The molecular weight excluding hydrogens is 656 g/mol. The molecule has 3 aromatic rings. The summed E-state index contributed by atoms with van der Waals surface area (Å²) < 4.78 is 134. The number of nitrogens with zero attached hydrogens (tertiary/aromatic N) is 2. The van der Waals surface area contributed by atoms with Gasteiger partial charge in [-0.3, -0.25) is 9.59 Å². The third-order valence-corrected chi connectivity index (χ3v) is 6.50. The Morgan fingerprint density at radius 3 is 1.90 bits per heavy atom. The molecule has 0 aliphatic heterocycles. The highest BCUT2D eigenvalue weighted by Gasteiger charge is 2.73. The van der Waals surface area contributed by atoms with Crippen LogP contribution in [0.5, 0.6) is 0 Å². The van der Waals surface area contributed by atoms with Gasteiger partial charge in [0.15, 0.2) is 0 Å². The first-order valence-corrected chi connectivity index (χ1v) is 11.9. The van der Waals surface area contributed by atoms with Crippen molar-refractivity contribution in [3.63, 3.8) is 0 Å². The molecule has 0 aliphatic rings. The quantitative estimate of drug-likeness (QED) is 0.279. The molecule has 42 heavy (non-hydrogen) atoms. The van der Waals surface area contributed by atoms with Crippen LogP contribution in [0.3, 0.4) is 0 Å². The molecule has 1 N–H and O–H groups in total. The van der Waals surface area contributed by atoms with Gasteiger partial charge < -0.3 is 10.2 Å². The Hall–Kier alpha value is -4.13. The number of amides is 2. The van der Waals surface area contributed by atoms with Crippen LogP contribution >= 0.6 is 15.9 Å². The molecule has 0 aliphatic carbocycles. The van der Waals surface area contributed by atoms with E-state index in [0.717, 1.165) is 17.0 Å². The van der Waals surface area contributed by atoms with Crippen molar-refractivity contribution in [2.24, 2.45) is 0 Å². The van der Waals surface area contributed by atoms with Crippen molar-refractivity contribution in [2.75, 3.05) is 17.3 Å². The molecule has 0 radical (unpaired) electrons. The summed E-state index contributed by atoms with van der Waals surface area (Å²) in [4.78, 5) is 26.7. The number of carbonyl (C=O) groups excluding carboxylic acids is 2. The van der Waals surface area contributed by atoms with E-state index in [1.54, 1.807) is 5.32 Å². The zero-order valence-corrected chi connectivity index (χ0v) is 22.2. The highest BCUT2D eigenvalue weighted by Crippen LogP contribution is 2.55. The number of nitrogens with one attached hydrogen (secondary N) is 1. The molecule has 0 saturated carbocycles. The van der Waals surface area contributed by atoms with E-state index < -0.39 is 63.4 Å². The third-order valence-electron chi connectivity index (χ3n) is 5.87. The molecule has 0 saturated heterocycles. The Labute approximate surface area is 238 Å². The summed E-state index contributed by atoms with van der Waals surface area (Å²) >= 11 is 2.42. The van der Waals surface area contributed by atoms with E-state index in [2.05, 4.69) is 15.9 Å². The SMILES string of the molecule is CN(C(=O)c1ccc(C#N)cc1)c1cccc(C(=O)Nc2c(Br)cc(C(F)(C(F)(F)F)C(F)(F)F)cc2C(F)(F)F)c1. The summed E-state index contributed by atoms with van der Waals surface area (Å²) in [5.41, 5.74) is -11.9. The number of alkyl halides is 10. The van der Waals surface area contributed by atoms with Crippen molar-refractivity contribution in [3.05, 3.63) is 93.0 Å². The van der Waals surface area contributed by atoms with E-state index >= 15 is 0 Å². The van der Waals surface area contributed by atoms with Crippen LogP contribution in [0.25, 0.3) is 0 Å². The summed E-state index contributed by atoms with van der Waals surface area (Å²) in [5, 5.41) is 10.7. The van der Waals surface area contributed by atoms with Crippen molar-refractivity contribution in [1.82, 2.24) is 0 Å². The number of halogens is 11. The maximum atomic E-state index is 14.5. The summed E-state index contributed by atoms with van der Waals surface area (Å²) in [7, 11) is 1.30. The first kappa shape index (κ1) is 32.4. The second-order valence-electron chi connectivity index (χ2n) is 8.59. The molecule has 3 aromatic carbocycles. The molecule has 0 spiro atoms. The van der Waals surface area contributed by atoms with E-state index in [-0.39, 0.29) is 28.4 Å². The highest BCUT2D eigenvalue weighted by molar-refractivity contribution is 9.10. The predicted molar refractivity (Wildman–Crippen MR) is 132 cm³/mol. The largest absolute Gasteiger partial charge is 0.435 e. The fourth-order valence-electron chi connectivity index (χ4n) is 3.68. The lowest BCUT2D eigenvalue weighted by molar-refractivity contribution is -0.348. The fourth-order valence-corrected chi connectivity index (χ4v) is 4.24. The van der Waals surface area contributed by atoms with E-state index in [1.165, 1.54) is 43.4 Å². The highest BCUT2D eigenvalue weighted by atomic mass is 79.9. The van der Waals surface area contributed by atoms with Gasteiger partial charge >= 0.3 is 24.2 Å². The number of rotatable bonds is 5. The van der Waals surface area contributed by atoms with Gasteiger partial charge in [0.05, 0.1) is 22.9 Å². The van der Waals surface area contributed by atoms with Gasteiger partial charge in [-0.25, -0.2) is 4.39 Å². The fraction of sp³-hybridized carbons (Fsp3) is 0.192. The molecule has 222 valence electrons. The minimum absolute atomic E-state index is 0.0695. The molecular formula is C26H14BrF10N3O2. The third kappa shape index (κ3) is 6.20. The average Bonchev–Trinajstić information content (AvgIpc) is 2.90. The Bertz CT molecular complexity index is 1540. The van der Waals surface area contributed by atoms with Crippen LogP contribution in [0, 0.1) is 11.3 Å². The Morgan fingerprint density at radius 1 is 0.833 bits per heavy atom. The molecule has 0 heterocycles. The molecule has 2 amide bonds. The molecule has 0 fully saturated rings. The lowest BCUT2D eigenvalue weighted by atomic mass is 9.92. The first-order valence-electron chi connectivity index (χ1n) is 11.2. The van der Waals surface area contributed by atoms with Gasteiger partial charge in [0.25, 0.3) is 11.8 Å². The number of hydrogen-bond donors (Lipinski definition) is 1. The lowest BCUT2D eigenvalue weighted by Crippen LogP contribution is -2.50. The van der Waals surface area contributed by atoms with E-state index in [4.69, 9.17) is 5.26 Å². The number of carbonyl (C=O) groups is 2. The normalized spacial score (nSPS) is 12.5. The smallest absolute Gasteiger partial charge is 0.320 e. The molecule has 0 aromatic heterocycles.